The van der Waals surface area contributed by atoms with Crippen LogP contribution in [0.1, 0.15) is 15.9 Å². The summed E-state index contributed by atoms with van der Waals surface area (Å²) < 4.78 is 6.15. The predicted octanol–water partition coefficient (Wildman–Crippen LogP) is 5.16. The number of halogens is 1. The Morgan fingerprint density at radius 1 is 1.12 bits per heavy atom. The average molecular weight is 402 g/mol. The second kappa shape index (κ2) is 7.28. The molecule has 0 atom stereocenters. The summed E-state index contributed by atoms with van der Waals surface area (Å²) in [6.07, 6.45) is 1.68. The van der Waals surface area contributed by atoms with Crippen LogP contribution >= 0.6 is 27.7 Å². The lowest BCUT2D eigenvalue weighted by atomic mass is 10.1. The van der Waals surface area contributed by atoms with Gasteiger partial charge in [0, 0.05) is 28.6 Å². The number of ketones is 1. The van der Waals surface area contributed by atoms with Crippen molar-refractivity contribution >= 4 is 39.2 Å². The van der Waals surface area contributed by atoms with E-state index >= 15 is 0 Å². The Balaban J connectivity index is 1.77. The van der Waals surface area contributed by atoms with Crippen molar-refractivity contribution < 1.29 is 9.53 Å². The molecule has 122 valence electrons. The van der Waals surface area contributed by atoms with Gasteiger partial charge in [-0.25, -0.2) is 0 Å². The summed E-state index contributed by atoms with van der Waals surface area (Å²) in [6.45, 7) is 0. The molecule has 0 saturated heterocycles. The van der Waals surface area contributed by atoms with E-state index in [4.69, 9.17) is 4.74 Å². The van der Waals surface area contributed by atoms with Gasteiger partial charge in [0.1, 0.15) is 5.75 Å². The van der Waals surface area contributed by atoms with Gasteiger partial charge in [-0.05, 0) is 54.1 Å². The van der Waals surface area contributed by atoms with Crippen LogP contribution in [0, 0.1) is 0 Å². The molecule has 1 heterocycles. The molecule has 0 radical (unpaired) electrons. The molecule has 0 unspecified atom stereocenters. The van der Waals surface area contributed by atoms with Gasteiger partial charge in [0.25, 0.3) is 0 Å². The highest BCUT2D eigenvalue weighted by Crippen LogP contribution is 2.38. The maximum absolute atomic E-state index is 12.4. The third kappa shape index (κ3) is 3.57. The second-order valence-electron chi connectivity index (χ2n) is 5.26. The van der Waals surface area contributed by atoms with Gasteiger partial charge in [-0.3, -0.25) is 4.79 Å². The molecule has 0 aromatic heterocycles. The topological polar surface area (TPSA) is 29.5 Å². The van der Waals surface area contributed by atoms with Crippen LogP contribution in [-0.2, 0) is 0 Å². The third-order valence-electron chi connectivity index (χ3n) is 3.75. The van der Waals surface area contributed by atoms with Crippen LogP contribution in [0.5, 0.6) is 5.75 Å². The molecule has 0 bridgehead atoms. The Morgan fingerprint density at radius 3 is 2.42 bits per heavy atom. The Bertz CT molecular complexity index is 810. The fourth-order valence-electron chi connectivity index (χ4n) is 2.36. The highest BCUT2D eigenvalue weighted by atomic mass is 79.9. The quantitative estimate of drug-likeness (QED) is 0.522. The van der Waals surface area contributed by atoms with E-state index in [-0.39, 0.29) is 5.78 Å². The number of methoxy groups -OCH3 is 1. The number of allylic oxidation sites excluding steroid dienone is 1. The molecule has 0 amide bonds. The van der Waals surface area contributed by atoms with Crippen LogP contribution in [0.4, 0.5) is 0 Å². The zero-order valence-electron chi connectivity index (χ0n) is 13.3. The first-order valence-electron chi connectivity index (χ1n) is 7.35. The fraction of sp³-hybridized carbons (Fsp3) is 0.105. The van der Waals surface area contributed by atoms with Crippen molar-refractivity contribution in [3.05, 3.63) is 80.6 Å². The van der Waals surface area contributed by atoms with Crippen molar-refractivity contribution in [2.75, 3.05) is 14.2 Å². The molecule has 1 aliphatic heterocycles. The van der Waals surface area contributed by atoms with Crippen molar-refractivity contribution in [2.45, 2.75) is 0 Å². The molecule has 0 N–H and O–H groups in total. The summed E-state index contributed by atoms with van der Waals surface area (Å²) in [4.78, 5) is 14.4. The van der Waals surface area contributed by atoms with Crippen molar-refractivity contribution in [1.82, 2.24) is 4.90 Å². The van der Waals surface area contributed by atoms with Gasteiger partial charge in [-0.2, -0.15) is 0 Å². The normalized spacial score (nSPS) is 15.5. The molecular weight excluding hydrogens is 386 g/mol. The summed E-state index contributed by atoms with van der Waals surface area (Å²) in [5.74, 6) is 0.829. The van der Waals surface area contributed by atoms with Crippen LogP contribution in [-0.4, -0.2) is 24.8 Å². The number of carbonyl (C=O) groups is 1. The molecule has 2 aromatic carbocycles. The zero-order valence-corrected chi connectivity index (χ0v) is 15.7. The van der Waals surface area contributed by atoms with Crippen molar-refractivity contribution in [3.63, 3.8) is 0 Å². The summed E-state index contributed by atoms with van der Waals surface area (Å²) in [6, 6.07) is 15.3. The Morgan fingerprint density at radius 2 is 1.79 bits per heavy atom. The summed E-state index contributed by atoms with van der Waals surface area (Å²) in [7, 11) is 3.62. The number of hydrogen-bond acceptors (Lipinski definition) is 4. The molecule has 0 saturated carbocycles. The molecule has 3 rings (SSSR count). The maximum atomic E-state index is 12.4. The van der Waals surface area contributed by atoms with Gasteiger partial charge in [-0.1, -0.05) is 27.7 Å². The van der Waals surface area contributed by atoms with Crippen LogP contribution in [0.25, 0.3) is 5.70 Å². The van der Waals surface area contributed by atoms with Crippen LogP contribution in [0.3, 0.4) is 0 Å². The maximum Gasteiger partial charge on any atom is 0.188 e. The molecule has 0 aliphatic carbocycles. The first kappa shape index (κ1) is 16.9. The SMILES string of the molecule is COc1ccc(C2=CS/C(=C\C(=O)c3ccc(Br)cc3)N2C)cc1. The van der Waals surface area contributed by atoms with Crippen molar-refractivity contribution in [1.29, 1.82) is 0 Å². The van der Waals surface area contributed by atoms with E-state index < -0.39 is 0 Å². The van der Waals surface area contributed by atoms with Gasteiger partial charge in [-0.15, -0.1) is 0 Å². The molecule has 0 fully saturated rings. The number of carbonyl (C=O) groups excluding carboxylic acids is 1. The number of nitrogens with zero attached hydrogens (tertiary/aromatic N) is 1. The molecular formula is C19H16BrNO2S. The van der Waals surface area contributed by atoms with E-state index in [0.717, 1.165) is 26.5 Å². The van der Waals surface area contributed by atoms with E-state index in [0.29, 0.717) is 5.56 Å². The number of thioether (sulfide) groups is 1. The largest absolute Gasteiger partial charge is 0.497 e. The van der Waals surface area contributed by atoms with E-state index in [9.17, 15) is 4.79 Å². The fourth-order valence-corrected chi connectivity index (χ4v) is 3.58. The van der Waals surface area contributed by atoms with Crippen LogP contribution in [0.15, 0.2) is 69.5 Å². The van der Waals surface area contributed by atoms with Gasteiger partial charge < -0.3 is 9.64 Å². The lowest BCUT2D eigenvalue weighted by molar-refractivity contribution is 0.104. The monoisotopic (exact) mass is 401 g/mol. The first-order valence-corrected chi connectivity index (χ1v) is 9.02. The standard InChI is InChI=1S/C19H16BrNO2S/c1-21-17(13-5-9-16(23-2)10-6-13)12-24-19(21)11-18(22)14-3-7-15(20)8-4-14/h3-12H,1-2H3/b19-11-. The van der Waals surface area contributed by atoms with Gasteiger partial charge in [0.05, 0.1) is 17.8 Å². The van der Waals surface area contributed by atoms with Gasteiger partial charge in [0.15, 0.2) is 5.78 Å². The Labute approximate surface area is 154 Å². The average Bonchev–Trinajstić information content (AvgIpc) is 2.96. The number of hydrogen-bond donors (Lipinski definition) is 0. The minimum absolute atomic E-state index is 0.00114. The predicted molar refractivity (Wildman–Crippen MR) is 103 cm³/mol. The lowest BCUT2D eigenvalue weighted by Gasteiger charge is -2.18. The minimum Gasteiger partial charge on any atom is -0.497 e. The number of benzene rings is 2. The summed E-state index contributed by atoms with van der Waals surface area (Å²) in [5.41, 5.74) is 2.83. The summed E-state index contributed by atoms with van der Waals surface area (Å²) in [5, 5.41) is 2.97. The van der Waals surface area contributed by atoms with E-state index in [1.807, 2.05) is 60.5 Å². The van der Waals surface area contributed by atoms with E-state index in [1.165, 1.54) is 0 Å². The van der Waals surface area contributed by atoms with Crippen molar-refractivity contribution in [2.24, 2.45) is 0 Å². The third-order valence-corrected chi connectivity index (χ3v) is 5.26. The van der Waals surface area contributed by atoms with Crippen LogP contribution in [0.2, 0.25) is 0 Å². The molecule has 5 heteroatoms. The van der Waals surface area contributed by atoms with E-state index in [1.54, 1.807) is 24.9 Å². The highest BCUT2D eigenvalue weighted by molar-refractivity contribution is 9.10. The first-order chi connectivity index (χ1) is 11.6. The molecule has 2 aromatic rings. The highest BCUT2D eigenvalue weighted by Gasteiger charge is 2.20. The smallest absolute Gasteiger partial charge is 0.188 e. The van der Waals surface area contributed by atoms with Crippen LogP contribution < -0.4 is 4.74 Å². The van der Waals surface area contributed by atoms with Gasteiger partial charge >= 0.3 is 0 Å². The number of rotatable bonds is 4. The Kier molecular flexibility index (Phi) is 5.11. The molecule has 3 nitrogen and oxygen atoms in total. The zero-order chi connectivity index (χ0) is 17.1. The Hall–Kier alpha value is -1.98. The molecule has 1 aliphatic rings. The molecule has 0 spiro atoms. The summed E-state index contributed by atoms with van der Waals surface area (Å²) >= 11 is 4.93. The lowest BCUT2D eigenvalue weighted by Crippen LogP contribution is -2.11. The molecule has 24 heavy (non-hydrogen) atoms. The van der Waals surface area contributed by atoms with Crippen molar-refractivity contribution in [3.8, 4) is 5.75 Å². The van der Waals surface area contributed by atoms with Gasteiger partial charge in [0.2, 0.25) is 0 Å². The number of ether oxygens (including phenoxy) is 1. The second-order valence-corrected chi connectivity index (χ2v) is 7.07. The minimum atomic E-state index is 0.00114. The van der Waals surface area contributed by atoms with E-state index in [2.05, 4.69) is 21.3 Å².